The summed E-state index contributed by atoms with van der Waals surface area (Å²) in [5, 5.41) is 3.47. The lowest BCUT2D eigenvalue weighted by atomic mass is 10.2. The molecule has 1 aromatic heterocycles. The number of rotatable bonds is 4. The summed E-state index contributed by atoms with van der Waals surface area (Å²) in [4.78, 5) is 36.5. The van der Waals surface area contributed by atoms with Crippen molar-refractivity contribution in [1.29, 1.82) is 0 Å². The second-order valence-corrected chi connectivity index (χ2v) is 6.67. The number of carbonyl (C=O) groups excluding carboxylic acids is 2. The van der Waals surface area contributed by atoms with Crippen LogP contribution in [0.25, 0.3) is 0 Å². The van der Waals surface area contributed by atoms with E-state index in [1.165, 1.54) is 0 Å². The molecule has 1 N–H and O–H groups in total. The smallest absolute Gasteiger partial charge is 0.233 e. The van der Waals surface area contributed by atoms with Gasteiger partial charge in [0.25, 0.3) is 0 Å². The van der Waals surface area contributed by atoms with Crippen LogP contribution in [0.5, 0.6) is 0 Å². The van der Waals surface area contributed by atoms with E-state index in [0.29, 0.717) is 47.9 Å². The van der Waals surface area contributed by atoms with Gasteiger partial charge in [-0.05, 0) is 24.3 Å². The van der Waals surface area contributed by atoms with Crippen LogP contribution in [0.1, 0.15) is 6.42 Å². The highest BCUT2D eigenvalue weighted by Crippen LogP contribution is 2.22. The standard InChI is InChI=1S/C17H17Cl2N5O2/c18-12-8-13(19)10-14(9-12)22-15(25)11-16(26)23-4-6-24(7-5-23)17-20-2-1-3-21-17/h1-3,8-10H,4-7,11H2,(H,22,25). The summed E-state index contributed by atoms with van der Waals surface area (Å²) in [7, 11) is 0. The number of hydrogen-bond acceptors (Lipinski definition) is 5. The molecule has 0 unspecified atom stereocenters. The minimum Gasteiger partial charge on any atom is -0.339 e. The number of halogens is 2. The van der Waals surface area contributed by atoms with Gasteiger partial charge in [0.2, 0.25) is 17.8 Å². The summed E-state index contributed by atoms with van der Waals surface area (Å²) in [6, 6.07) is 6.48. The number of aromatic nitrogens is 2. The van der Waals surface area contributed by atoms with Gasteiger partial charge in [-0.15, -0.1) is 0 Å². The Bertz CT molecular complexity index is 775. The molecule has 1 saturated heterocycles. The monoisotopic (exact) mass is 393 g/mol. The fourth-order valence-corrected chi connectivity index (χ4v) is 3.22. The van der Waals surface area contributed by atoms with Crippen molar-refractivity contribution >= 4 is 46.7 Å². The summed E-state index contributed by atoms with van der Waals surface area (Å²) < 4.78 is 0. The maximum atomic E-state index is 12.3. The molecule has 136 valence electrons. The maximum Gasteiger partial charge on any atom is 0.233 e. The van der Waals surface area contributed by atoms with Crippen molar-refractivity contribution in [3.05, 3.63) is 46.7 Å². The lowest BCUT2D eigenvalue weighted by Gasteiger charge is -2.34. The molecule has 2 heterocycles. The van der Waals surface area contributed by atoms with Crippen molar-refractivity contribution in [1.82, 2.24) is 14.9 Å². The Hall–Kier alpha value is -2.38. The van der Waals surface area contributed by atoms with Crippen LogP contribution < -0.4 is 10.2 Å². The van der Waals surface area contributed by atoms with Gasteiger partial charge < -0.3 is 15.1 Å². The molecule has 0 atom stereocenters. The molecule has 9 heteroatoms. The molecule has 0 saturated carbocycles. The van der Waals surface area contributed by atoms with Gasteiger partial charge in [-0.25, -0.2) is 9.97 Å². The van der Waals surface area contributed by atoms with Crippen molar-refractivity contribution < 1.29 is 9.59 Å². The van der Waals surface area contributed by atoms with Crippen molar-refractivity contribution in [3.63, 3.8) is 0 Å². The van der Waals surface area contributed by atoms with E-state index in [2.05, 4.69) is 15.3 Å². The molecule has 0 spiro atoms. The molecular weight excluding hydrogens is 377 g/mol. The lowest BCUT2D eigenvalue weighted by Crippen LogP contribution is -2.49. The highest BCUT2D eigenvalue weighted by Gasteiger charge is 2.24. The van der Waals surface area contributed by atoms with Gasteiger partial charge in [-0.3, -0.25) is 9.59 Å². The van der Waals surface area contributed by atoms with Gasteiger partial charge in [0.05, 0.1) is 0 Å². The van der Waals surface area contributed by atoms with E-state index in [4.69, 9.17) is 23.2 Å². The minimum absolute atomic E-state index is 0.218. The van der Waals surface area contributed by atoms with Crippen molar-refractivity contribution in [2.75, 3.05) is 36.4 Å². The number of amides is 2. The Morgan fingerprint density at radius 3 is 2.23 bits per heavy atom. The number of anilines is 2. The average molecular weight is 394 g/mol. The Balaban J connectivity index is 1.50. The molecule has 26 heavy (non-hydrogen) atoms. The largest absolute Gasteiger partial charge is 0.339 e. The summed E-state index contributed by atoms with van der Waals surface area (Å²) in [6.07, 6.45) is 3.14. The third-order valence-electron chi connectivity index (χ3n) is 3.93. The van der Waals surface area contributed by atoms with E-state index in [1.54, 1.807) is 41.6 Å². The van der Waals surface area contributed by atoms with E-state index < -0.39 is 5.91 Å². The Morgan fingerprint density at radius 1 is 1.00 bits per heavy atom. The fraction of sp³-hybridized carbons (Fsp3) is 0.294. The van der Waals surface area contributed by atoms with Crippen molar-refractivity contribution in [2.24, 2.45) is 0 Å². The third kappa shape index (κ3) is 4.83. The van der Waals surface area contributed by atoms with Crippen LogP contribution in [0.3, 0.4) is 0 Å². The molecule has 2 aromatic rings. The quantitative estimate of drug-likeness (QED) is 0.807. The van der Waals surface area contributed by atoms with Crippen LogP contribution in [0.15, 0.2) is 36.7 Å². The summed E-state index contributed by atoms with van der Waals surface area (Å²) in [5.41, 5.74) is 0.464. The summed E-state index contributed by atoms with van der Waals surface area (Å²) in [6.45, 7) is 2.29. The maximum absolute atomic E-state index is 12.3. The Labute approximate surface area is 160 Å². The fourth-order valence-electron chi connectivity index (χ4n) is 2.69. The number of benzene rings is 1. The molecule has 1 aliphatic rings. The van der Waals surface area contributed by atoms with Crippen LogP contribution in [-0.2, 0) is 9.59 Å². The molecule has 1 aromatic carbocycles. The number of piperazine rings is 1. The SMILES string of the molecule is O=C(CC(=O)N1CCN(c2ncccn2)CC1)Nc1cc(Cl)cc(Cl)c1. The predicted octanol–water partition coefficient (Wildman–Crippen LogP) is 2.46. The normalized spacial score (nSPS) is 14.2. The zero-order valence-corrected chi connectivity index (χ0v) is 15.4. The molecule has 0 bridgehead atoms. The molecule has 2 amide bonds. The van der Waals surface area contributed by atoms with Crippen LogP contribution in [0, 0.1) is 0 Å². The van der Waals surface area contributed by atoms with Crippen LogP contribution in [0.4, 0.5) is 11.6 Å². The van der Waals surface area contributed by atoms with E-state index in [9.17, 15) is 9.59 Å². The van der Waals surface area contributed by atoms with E-state index >= 15 is 0 Å². The average Bonchev–Trinajstić information content (AvgIpc) is 2.61. The van der Waals surface area contributed by atoms with Crippen LogP contribution in [0.2, 0.25) is 10.0 Å². The van der Waals surface area contributed by atoms with Crippen LogP contribution >= 0.6 is 23.2 Å². The first kappa shape index (κ1) is 18.4. The van der Waals surface area contributed by atoms with Crippen LogP contribution in [-0.4, -0.2) is 52.9 Å². The van der Waals surface area contributed by atoms with Gasteiger partial charge in [-0.1, -0.05) is 23.2 Å². The topological polar surface area (TPSA) is 78.4 Å². The number of hydrogen-bond donors (Lipinski definition) is 1. The minimum atomic E-state index is -0.401. The zero-order chi connectivity index (χ0) is 18.5. The first-order valence-corrected chi connectivity index (χ1v) is 8.82. The second kappa shape index (κ2) is 8.33. The number of carbonyl (C=O) groups is 2. The van der Waals surface area contributed by atoms with E-state index in [1.807, 2.05) is 4.90 Å². The summed E-state index contributed by atoms with van der Waals surface area (Å²) in [5.74, 6) is 0.0292. The second-order valence-electron chi connectivity index (χ2n) is 5.80. The third-order valence-corrected chi connectivity index (χ3v) is 4.36. The molecule has 0 aliphatic carbocycles. The molecule has 1 fully saturated rings. The number of nitrogens with zero attached hydrogens (tertiary/aromatic N) is 4. The lowest BCUT2D eigenvalue weighted by molar-refractivity contribution is -0.134. The highest BCUT2D eigenvalue weighted by molar-refractivity contribution is 6.35. The number of nitrogens with one attached hydrogen (secondary N) is 1. The predicted molar refractivity (Wildman–Crippen MR) is 101 cm³/mol. The van der Waals surface area contributed by atoms with E-state index in [-0.39, 0.29) is 12.3 Å². The van der Waals surface area contributed by atoms with Gasteiger partial charge in [-0.2, -0.15) is 0 Å². The molecule has 1 aliphatic heterocycles. The first-order valence-electron chi connectivity index (χ1n) is 8.07. The van der Waals surface area contributed by atoms with Gasteiger partial charge in [0, 0.05) is 54.3 Å². The van der Waals surface area contributed by atoms with E-state index in [0.717, 1.165) is 0 Å². The molecule has 7 nitrogen and oxygen atoms in total. The van der Waals surface area contributed by atoms with Crippen molar-refractivity contribution in [2.45, 2.75) is 6.42 Å². The summed E-state index contributed by atoms with van der Waals surface area (Å²) >= 11 is 11.8. The first-order chi connectivity index (χ1) is 12.5. The van der Waals surface area contributed by atoms with Gasteiger partial charge >= 0.3 is 0 Å². The Kier molecular flexibility index (Phi) is 5.90. The van der Waals surface area contributed by atoms with Crippen molar-refractivity contribution in [3.8, 4) is 0 Å². The molecule has 0 radical (unpaired) electrons. The molecular formula is C17H17Cl2N5O2. The highest BCUT2D eigenvalue weighted by atomic mass is 35.5. The Morgan fingerprint density at radius 2 is 1.62 bits per heavy atom. The zero-order valence-electron chi connectivity index (χ0n) is 13.9. The van der Waals surface area contributed by atoms with Gasteiger partial charge in [0.1, 0.15) is 6.42 Å². The van der Waals surface area contributed by atoms with Gasteiger partial charge in [0.15, 0.2) is 0 Å². The molecule has 3 rings (SSSR count).